The van der Waals surface area contributed by atoms with Gasteiger partial charge in [-0.1, -0.05) is 30.3 Å². The molecule has 1 aliphatic heterocycles. The van der Waals surface area contributed by atoms with Crippen LogP contribution in [0.3, 0.4) is 0 Å². The first kappa shape index (κ1) is 14.7. The minimum Gasteiger partial charge on any atom is -0.394 e. The topological polar surface area (TPSA) is 65.5 Å². The van der Waals surface area contributed by atoms with E-state index in [1.165, 1.54) is 0 Å². The van der Waals surface area contributed by atoms with Crippen LogP contribution in [0.5, 0.6) is 0 Å². The van der Waals surface area contributed by atoms with Crippen LogP contribution in [0.15, 0.2) is 48.7 Å². The maximum absolute atomic E-state index is 12.7. The summed E-state index contributed by atoms with van der Waals surface area (Å²) in [7, 11) is 0. The van der Waals surface area contributed by atoms with Crippen LogP contribution in [0.4, 0.5) is 0 Å². The van der Waals surface area contributed by atoms with Gasteiger partial charge in [0.2, 0.25) is 0 Å². The number of nitrogens with one attached hydrogen (secondary N) is 1. The van der Waals surface area contributed by atoms with Crippen LogP contribution in [0.1, 0.15) is 10.5 Å². The molecule has 1 aromatic heterocycles. The predicted octanol–water partition coefficient (Wildman–Crippen LogP) is 1.15. The molecule has 2 N–H and O–H groups in total. The Morgan fingerprint density at radius 3 is 2.86 bits per heavy atom. The fourth-order valence-corrected chi connectivity index (χ4v) is 2.70. The summed E-state index contributed by atoms with van der Waals surface area (Å²) in [4.78, 5) is 18.6. The summed E-state index contributed by atoms with van der Waals surface area (Å²) in [6.45, 7) is 1.89. The standard InChI is InChI=1S/C17H19N3O2/c21-12-15-11-18-8-9-20(15)17(22)16-10-14(6-7-19-16)13-4-2-1-3-5-13/h1-7,10,15,18,21H,8-9,11-12H2. The molecule has 1 amide bonds. The van der Waals surface area contributed by atoms with Gasteiger partial charge in [0.15, 0.2) is 0 Å². The molecule has 0 radical (unpaired) electrons. The van der Waals surface area contributed by atoms with E-state index in [4.69, 9.17) is 0 Å². The zero-order chi connectivity index (χ0) is 15.4. The van der Waals surface area contributed by atoms with Crippen LogP contribution < -0.4 is 5.32 Å². The number of aliphatic hydroxyl groups excluding tert-OH is 1. The Morgan fingerprint density at radius 2 is 2.09 bits per heavy atom. The fourth-order valence-electron chi connectivity index (χ4n) is 2.70. The van der Waals surface area contributed by atoms with E-state index < -0.39 is 0 Å². The molecule has 2 aromatic rings. The number of amides is 1. The third-order valence-corrected chi connectivity index (χ3v) is 3.91. The third kappa shape index (κ3) is 3.00. The van der Waals surface area contributed by atoms with Gasteiger partial charge in [-0.05, 0) is 23.3 Å². The van der Waals surface area contributed by atoms with Crippen molar-refractivity contribution in [2.24, 2.45) is 0 Å². The molecule has 5 nitrogen and oxygen atoms in total. The molecule has 1 unspecified atom stereocenters. The van der Waals surface area contributed by atoms with Crippen molar-refractivity contribution >= 4 is 5.91 Å². The Balaban J connectivity index is 1.87. The maximum Gasteiger partial charge on any atom is 0.272 e. The van der Waals surface area contributed by atoms with Crippen LogP contribution in [0.2, 0.25) is 0 Å². The molecule has 3 rings (SSSR count). The van der Waals surface area contributed by atoms with Gasteiger partial charge >= 0.3 is 0 Å². The van der Waals surface area contributed by atoms with Crippen LogP contribution in [0.25, 0.3) is 11.1 Å². The van der Waals surface area contributed by atoms with Gasteiger partial charge in [-0.25, -0.2) is 0 Å². The summed E-state index contributed by atoms with van der Waals surface area (Å²) in [5.74, 6) is -0.127. The Labute approximate surface area is 129 Å². The van der Waals surface area contributed by atoms with E-state index in [0.717, 1.165) is 17.7 Å². The molecule has 1 saturated heterocycles. The van der Waals surface area contributed by atoms with Gasteiger partial charge in [0.05, 0.1) is 12.6 Å². The van der Waals surface area contributed by atoms with Gasteiger partial charge in [-0.2, -0.15) is 0 Å². The smallest absolute Gasteiger partial charge is 0.272 e. The van der Waals surface area contributed by atoms with Crippen molar-refractivity contribution in [1.29, 1.82) is 0 Å². The van der Waals surface area contributed by atoms with Crippen molar-refractivity contribution in [3.63, 3.8) is 0 Å². The maximum atomic E-state index is 12.7. The highest BCUT2D eigenvalue weighted by molar-refractivity contribution is 5.93. The van der Waals surface area contributed by atoms with Gasteiger partial charge in [0, 0.05) is 25.8 Å². The highest BCUT2D eigenvalue weighted by Gasteiger charge is 2.27. The highest BCUT2D eigenvalue weighted by Crippen LogP contribution is 2.20. The summed E-state index contributed by atoms with van der Waals surface area (Å²) >= 11 is 0. The number of piperazine rings is 1. The second kappa shape index (κ2) is 6.68. The molecule has 1 fully saturated rings. The van der Waals surface area contributed by atoms with Gasteiger partial charge in [-0.15, -0.1) is 0 Å². The zero-order valence-electron chi connectivity index (χ0n) is 12.3. The number of aliphatic hydroxyl groups is 1. The number of aromatic nitrogens is 1. The molecule has 2 heterocycles. The van der Waals surface area contributed by atoms with E-state index in [1.807, 2.05) is 42.5 Å². The molecule has 0 saturated carbocycles. The van der Waals surface area contributed by atoms with Gasteiger partial charge in [0.1, 0.15) is 5.69 Å². The Kier molecular flexibility index (Phi) is 4.46. The summed E-state index contributed by atoms with van der Waals surface area (Å²) in [6, 6.07) is 13.4. The zero-order valence-corrected chi connectivity index (χ0v) is 12.3. The van der Waals surface area contributed by atoms with Crippen molar-refractivity contribution in [2.45, 2.75) is 6.04 Å². The second-order valence-corrected chi connectivity index (χ2v) is 5.33. The number of carbonyl (C=O) groups excluding carboxylic acids is 1. The van der Waals surface area contributed by atoms with Gasteiger partial charge in [-0.3, -0.25) is 9.78 Å². The van der Waals surface area contributed by atoms with Crippen molar-refractivity contribution < 1.29 is 9.90 Å². The Hall–Kier alpha value is -2.24. The average molecular weight is 297 g/mol. The van der Waals surface area contributed by atoms with Gasteiger partial charge in [0.25, 0.3) is 5.91 Å². The third-order valence-electron chi connectivity index (χ3n) is 3.91. The Morgan fingerprint density at radius 1 is 1.27 bits per heavy atom. The quantitative estimate of drug-likeness (QED) is 0.892. The molecule has 1 aromatic carbocycles. The first-order valence-electron chi connectivity index (χ1n) is 7.43. The number of rotatable bonds is 3. The van der Waals surface area contributed by atoms with Crippen LogP contribution in [-0.2, 0) is 0 Å². The molecular weight excluding hydrogens is 278 g/mol. The number of pyridine rings is 1. The van der Waals surface area contributed by atoms with Crippen molar-refractivity contribution in [3.05, 3.63) is 54.4 Å². The number of hydrogen-bond donors (Lipinski definition) is 2. The molecule has 0 spiro atoms. The minimum atomic E-state index is -0.191. The monoisotopic (exact) mass is 297 g/mol. The molecule has 5 heteroatoms. The lowest BCUT2D eigenvalue weighted by Crippen LogP contribution is -2.55. The lowest BCUT2D eigenvalue weighted by atomic mass is 10.1. The van der Waals surface area contributed by atoms with E-state index in [9.17, 15) is 9.90 Å². The molecule has 114 valence electrons. The number of hydrogen-bond acceptors (Lipinski definition) is 4. The van der Waals surface area contributed by atoms with Crippen molar-refractivity contribution in [1.82, 2.24) is 15.2 Å². The first-order chi connectivity index (χ1) is 10.8. The summed E-state index contributed by atoms with van der Waals surface area (Å²) in [5, 5.41) is 12.6. The fraction of sp³-hybridized carbons (Fsp3) is 0.294. The molecule has 1 aliphatic rings. The van der Waals surface area contributed by atoms with Crippen LogP contribution in [-0.4, -0.2) is 53.2 Å². The van der Waals surface area contributed by atoms with E-state index >= 15 is 0 Å². The largest absolute Gasteiger partial charge is 0.394 e. The molecular formula is C17H19N3O2. The number of benzene rings is 1. The molecule has 22 heavy (non-hydrogen) atoms. The molecule has 0 aliphatic carbocycles. The molecule has 1 atom stereocenters. The second-order valence-electron chi connectivity index (χ2n) is 5.33. The number of nitrogens with zero attached hydrogens (tertiary/aromatic N) is 2. The van der Waals surface area contributed by atoms with E-state index in [1.54, 1.807) is 11.1 Å². The van der Waals surface area contributed by atoms with E-state index in [0.29, 0.717) is 18.8 Å². The molecule has 0 bridgehead atoms. The van der Waals surface area contributed by atoms with Crippen LogP contribution >= 0.6 is 0 Å². The Bertz CT molecular complexity index is 645. The van der Waals surface area contributed by atoms with E-state index in [-0.39, 0.29) is 18.6 Å². The summed E-state index contributed by atoms with van der Waals surface area (Å²) < 4.78 is 0. The number of carbonyl (C=O) groups is 1. The van der Waals surface area contributed by atoms with Crippen molar-refractivity contribution in [2.75, 3.05) is 26.2 Å². The lowest BCUT2D eigenvalue weighted by molar-refractivity contribution is 0.0530. The minimum absolute atomic E-state index is 0.0445. The first-order valence-corrected chi connectivity index (χ1v) is 7.43. The average Bonchev–Trinajstić information content (AvgIpc) is 2.62. The summed E-state index contributed by atoms with van der Waals surface area (Å²) in [5.41, 5.74) is 2.44. The summed E-state index contributed by atoms with van der Waals surface area (Å²) in [6.07, 6.45) is 1.66. The van der Waals surface area contributed by atoms with Gasteiger partial charge < -0.3 is 15.3 Å². The normalized spacial score (nSPS) is 18.2. The predicted molar refractivity (Wildman–Crippen MR) is 84.5 cm³/mol. The SMILES string of the molecule is O=C(c1cc(-c2ccccc2)ccn1)N1CCNCC1CO. The van der Waals surface area contributed by atoms with Crippen LogP contribution in [0, 0.1) is 0 Å². The lowest BCUT2D eigenvalue weighted by Gasteiger charge is -2.34. The van der Waals surface area contributed by atoms with Crippen molar-refractivity contribution in [3.8, 4) is 11.1 Å². The highest BCUT2D eigenvalue weighted by atomic mass is 16.3. The van der Waals surface area contributed by atoms with E-state index in [2.05, 4.69) is 10.3 Å².